The van der Waals surface area contributed by atoms with Crippen LogP contribution in [0.15, 0.2) is 23.2 Å². The van der Waals surface area contributed by atoms with Gasteiger partial charge in [-0.2, -0.15) is 0 Å². The Morgan fingerprint density at radius 2 is 2.12 bits per heavy atom. The largest absolute Gasteiger partial charge is 0.454 e. The van der Waals surface area contributed by atoms with E-state index < -0.39 is 0 Å². The maximum Gasteiger partial charge on any atom is 0.231 e. The Hall–Kier alpha value is -2.32. The van der Waals surface area contributed by atoms with Gasteiger partial charge in [0, 0.05) is 22.7 Å². The highest BCUT2D eigenvalue weighted by atomic mass is 32.2. The zero-order chi connectivity index (χ0) is 22.2. The summed E-state index contributed by atoms with van der Waals surface area (Å²) in [4.78, 5) is 24.9. The normalized spacial score (nSPS) is 17.1. The second kappa shape index (κ2) is 8.90. The fourth-order valence-electron chi connectivity index (χ4n) is 4.12. The maximum atomic E-state index is 12.6. The lowest BCUT2D eigenvalue weighted by Gasteiger charge is -2.18. The third kappa shape index (κ3) is 4.30. The smallest absolute Gasteiger partial charge is 0.231 e. The monoisotopic (exact) mass is 469 g/mol. The Labute approximate surface area is 196 Å². The van der Waals surface area contributed by atoms with Gasteiger partial charge in [-0.3, -0.25) is 4.79 Å². The molecule has 1 aliphatic heterocycles. The van der Waals surface area contributed by atoms with Crippen molar-refractivity contribution in [1.82, 2.24) is 15.3 Å². The first-order chi connectivity index (χ1) is 15.5. The van der Waals surface area contributed by atoms with Crippen LogP contribution in [0.2, 0.25) is 0 Å². The lowest BCUT2D eigenvalue weighted by atomic mass is 9.89. The highest BCUT2D eigenvalue weighted by Gasteiger charge is 2.25. The van der Waals surface area contributed by atoms with Crippen molar-refractivity contribution in [2.75, 3.05) is 12.5 Å². The molecule has 0 saturated heterocycles. The third-order valence-electron chi connectivity index (χ3n) is 5.92. The Bertz CT molecular complexity index is 1170. The molecular formula is C24H27N3O3S2. The molecule has 2 aromatic heterocycles. The molecule has 1 amide bonds. The standard InChI is InChI=1S/C24H27N3O3S2/c1-13(2)22-26-23(21-16-6-4-14(3)8-19(16)32-24(21)27-22)31-11-20(28)25-10-15-5-7-17-18(9-15)30-12-29-17/h5,7,9,13-14H,4,6,8,10-12H2,1-3H3,(H,25,28)/t14-/m0/s1. The minimum Gasteiger partial charge on any atom is -0.454 e. The minimum absolute atomic E-state index is 0.0109. The highest BCUT2D eigenvalue weighted by molar-refractivity contribution is 8.00. The number of fused-ring (bicyclic) bond motifs is 4. The molecule has 1 N–H and O–H groups in total. The molecule has 168 valence electrons. The highest BCUT2D eigenvalue weighted by Crippen LogP contribution is 2.41. The van der Waals surface area contributed by atoms with Gasteiger partial charge in [-0.15, -0.1) is 11.3 Å². The fourth-order valence-corrected chi connectivity index (χ4v) is 6.47. The van der Waals surface area contributed by atoms with Crippen LogP contribution in [0.4, 0.5) is 0 Å². The van der Waals surface area contributed by atoms with Gasteiger partial charge in [0.25, 0.3) is 0 Å². The number of nitrogens with one attached hydrogen (secondary N) is 1. The molecule has 0 unspecified atom stereocenters. The SMILES string of the molecule is CC(C)c1nc(SCC(=O)NCc2ccc3c(c2)OCO3)c2c3c(sc2n1)C[C@@H](C)CC3. The van der Waals surface area contributed by atoms with Crippen molar-refractivity contribution in [1.29, 1.82) is 0 Å². The third-order valence-corrected chi connectivity index (χ3v) is 8.05. The number of nitrogens with zero attached hydrogens (tertiary/aromatic N) is 2. The molecule has 0 saturated carbocycles. The van der Waals surface area contributed by atoms with Crippen LogP contribution >= 0.6 is 23.1 Å². The summed E-state index contributed by atoms with van der Waals surface area (Å²) in [6.07, 6.45) is 3.39. The summed E-state index contributed by atoms with van der Waals surface area (Å²) < 4.78 is 10.8. The molecule has 0 spiro atoms. The number of rotatable bonds is 6. The number of benzene rings is 1. The van der Waals surface area contributed by atoms with Crippen molar-refractivity contribution in [3.8, 4) is 11.5 Å². The van der Waals surface area contributed by atoms with E-state index in [1.807, 2.05) is 29.5 Å². The molecule has 2 aliphatic rings. The Morgan fingerprint density at radius 3 is 2.97 bits per heavy atom. The van der Waals surface area contributed by atoms with Gasteiger partial charge in [-0.25, -0.2) is 9.97 Å². The Balaban J connectivity index is 1.31. The predicted octanol–water partition coefficient (Wildman–Crippen LogP) is 5.08. The molecule has 32 heavy (non-hydrogen) atoms. The number of thiophene rings is 1. The summed E-state index contributed by atoms with van der Waals surface area (Å²) in [7, 11) is 0. The summed E-state index contributed by atoms with van der Waals surface area (Å²) in [5, 5.41) is 5.13. The second-order valence-corrected chi connectivity index (χ2v) is 10.9. The first-order valence-electron chi connectivity index (χ1n) is 11.1. The molecule has 6 nitrogen and oxygen atoms in total. The van der Waals surface area contributed by atoms with Gasteiger partial charge in [0.15, 0.2) is 11.5 Å². The topological polar surface area (TPSA) is 73.3 Å². The zero-order valence-electron chi connectivity index (χ0n) is 18.6. The summed E-state index contributed by atoms with van der Waals surface area (Å²) in [6.45, 7) is 7.25. The van der Waals surface area contributed by atoms with Gasteiger partial charge in [0.2, 0.25) is 12.7 Å². The maximum absolute atomic E-state index is 12.6. The number of thioether (sulfide) groups is 1. The van der Waals surface area contributed by atoms with Crippen LogP contribution in [0.1, 0.15) is 54.9 Å². The van der Waals surface area contributed by atoms with Crippen LogP contribution < -0.4 is 14.8 Å². The zero-order valence-corrected chi connectivity index (χ0v) is 20.2. The molecule has 3 heterocycles. The average molecular weight is 470 g/mol. The molecule has 3 aromatic rings. The Kier molecular flexibility index (Phi) is 5.99. The van der Waals surface area contributed by atoms with Crippen LogP contribution in [-0.4, -0.2) is 28.4 Å². The van der Waals surface area contributed by atoms with E-state index in [1.165, 1.54) is 34.0 Å². The molecule has 1 atom stereocenters. The molecule has 1 aliphatic carbocycles. The van der Waals surface area contributed by atoms with E-state index >= 15 is 0 Å². The fraction of sp³-hybridized carbons (Fsp3) is 0.458. The molecule has 5 rings (SSSR count). The van der Waals surface area contributed by atoms with E-state index in [4.69, 9.17) is 19.4 Å². The van der Waals surface area contributed by atoms with Crippen molar-refractivity contribution >= 4 is 39.2 Å². The number of hydrogen-bond acceptors (Lipinski definition) is 7. The number of carbonyl (C=O) groups excluding carboxylic acids is 1. The van der Waals surface area contributed by atoms with E-state index in [0.29, 0.717) is 18.2 Å². The first kappa shape index (κ1) is 21.5. The van der Waals surface area contributed by atoms with Crippen LogP contribution in [-0.2, 0) is 24.2 Å². The van der Waals surface area contributed by atoms with Crippen molar-refractivity contribution in [3.63, 3.8) is 0 Å². The van der Waals surface area contributed by atoms with E-state index in [-0.39, 0.29) is 18.6 Å². The molecular weight excluding hydrogens is 442 g/mol. The van der Waals surface area contributed by atoms with Gasteiger partial charge >= 0.3 is 0 Å². The molecule has 1 aromatic carbocycles. The summed E-state index contributed by atoms with van der Waals surface area (Å²) >= 11 is 3.34. The number of aryl methyl sites for hydroxylation is 1. The van der Waals surface area contributed by atoms with E-state index in [1.54, 1.807) is 0 Å². The van der Waals surface area contributed by atoms with Gasteiger partial charge < -0.3 is 14.8 Å². The second-order valence-electron chi connectivity index (χ2n) is 8.83. The molecule has 8 heteroatoms. The number of carbonyl (C=O) groups is 1. The van der Waals surface area contributed by atoms with Crippen LogP contribution in [0, 0.1) is 5.92 Å². The molecule has 0 fully saturated rings. The number of amides is 1. The van der Waals surface area contributed by atoms with Gasteiger partial charge in [-0.1, -0.05) is 38.6 Å². The Morgan fingerprint density at radius 1 is 1.28 bits per heavy atom. The van der Waals surface area contributed by atoms with Crippen LogP contribution in [0.25, 0.3) is 10.2 Å². The van der Waals surface area contributed by atoms with Gasteiger partial charge in [0.05, 0.1) is 5.75 Å². The minimum atomic E-state index is -0.0109. The van der Waals surface area contributed by atoms with Gasteiger partial charge in [-0.05, 0) is 48.4 Å². The van der Waals surface area contributed by atoms with Crippen molar-refractivity contribution < 1.29 is 14.3 Å². The van der Waals surface area contributed by atoms with E-state index in [9.17, 15) is 4.79 Å². The summed E-state index contributed by atoms with van der Waals surface area (Å²) in [5.74, 6) is 3.61. The summed E-state index contributed by atoms with van der Waals surface area (Å²) in [5.41, 5.74) is 2.39. The van der Waals surface area contributed by atoms with Crippen molar-refractivity contribution in [3.05, 3.63) is 40.0 Å². The number of ether oxygens (including phenoxy) is 2. The van der Waals surface area contributed by atoms with Crippen molar-refractivity contribution in [2.45, 2.75) is 57.5 Å². The summed E-state index contributed by atoms with van der Waals surface area (Å²) in [6, 6.07) is 5.74. The lowest BCUT2D eigenvalue weighted by molar-refractivity contribution is -0.118. The average Bonchev–Trinajstić information content (AvgIpc) is 3.39. The van der Waals surface area contributed by atoms with E-state index in [2.05, 4.69) is 26.1 Å². The first-order valence-corrected chi connectivity index (χ1v) is 12.9. The number of aromatic nitrogens is 2. The quantitative estimate of drug-likeness (QED) is 0.401. The van der Waals surface area contributed by atoms with E-state index in [0.717, 1.165) is 45.6 Å². The number of hydrogen-bond donors (Lipinski definition) is 1. The molecule has 0 bridgehead atoms. The van der Waals surface area contributed by atoms with Crippen LogP contribution in [0.5, 0.6) is 11.5 Å². The van der Waals surface area contributed by atoms with Crippen LogP contribution in [0.3, 0.4) is 0 Å². The molecule has 0 radical (unpaired) electrons. The predicted molar refractivity (Wildman–Crippen MR) is 128 cm³/mol. The lowest BCUT2D eigenvalue weighted by Crippen LogP contribution is -2.24. The van der Waals surface area contributed by atoms with Gasteiger partial charge in [0.1, 0.15) is 15.7 Å². The van der Waals surface area contributed by atoms with Crippen molar-refractivity contribution in [2.24, 2.45) is 5.92 Å².